The van der Waals surface area contributed by atoms with Crippen molar-refractivity contribution in [2.24, 2.45) is 0 Å². The molecule has 0 fully saturated rings. The van der Waals surface area contributed by atoms with E-state index in [2.05, 4.69) is 0 Å². The summed E-state index contributed by atoms with van der Waals surface area (Å²) in [5, 5.41) is 8.76. The minimum Gasteiger partial charge on any atom is -0.490 e. The zero-order valence-electron chi connectivity index (χ0n) is 8.74. The van der Waals surface area contributed by atoms with Crippen LogP contribution in [0.15, 0.2) is 18.2 Å². The van der Waals surface area contributed by atoms with Gasteiger partial charge in [0.15, 0.2) is 11.5 Å². The van der Waals surface area contributed by atoms with E-state index in [1.165, 1.54) is 5.56 Å². The van der Waals surface area contributed by atoms with Gasteiger partial charge in [0.05, 0.1) is 13.2 Å². The van der Waals surface area contributed by atoms with Crippen LogP contribution in [0.3, 0.4) is 0 Å². The summed E-state index contributed by atoms with van der Waals surface area (Å²) in [5.74, 6) is 1.67. The molecule has 0 spiro atoms. The van der Waals surface area contributed by atoms with Crippen LogP contribution in [0.5, 0.6) is 11.5 Å². The van der Waals surface area contributed by atoms with Crippen molar-refractivity contribution in [3.8, 4) is 11.5 Å². The highest BCUT2D eigenvalue weighted by Crippen LogP contribution is 2.30. The number of rotatable bonds is 3. The molecule has 3 nitrogen and oxygen atoms in total. The molecule has 0 unspecified atom stereocenters. The average Bonchev–Trinajstić information content (AvgIpc) is 2.50. The van der Waals surface area contributed by atoms with E-state index >= 15 is 0 Å². The van der Waals surface area contributed by atoms with Crippen molar-refractivity contribution in [1.29, 1.82) is 0 Å². The van der Waals surface area contributed by atoms with Crippen LogP contribution in [-0.4, -0.2) is 24.9 Å². The van der Waals surface area contributed by atoms with Gasteiger partial charge >= 0.3 is 0 Å². The summed E-state index contributed by atoms with van der Waals surface area (Å²) in [6.07, 6.45) is 2.60. The lowest BCUT2D eigenvalue weighted by Crippen LogP contribution is -1.97. The van der Waals surface area contributed by atoms with Crippen LogP contribution in [0.2, 0.25) is 0 Å². The van der Waals surface area contributed by atoms with Crippen LogP contribution >= 0.6 is 0 Å². The summed E-state index contributed by atoms with van der Waals surface area (Å²) in [5.41, 5.74) is 1.19. The van der Waals surface area contributed by atoms with Crippen LogP contribution < -0.4 is 9.47 Å². The number of aryl methyl sites for hydroxylation is 1. The molecule has 15 heavy (non-hydrogen) atoms. The Bertz CT molecular complexity index is 323. The SMILES string of the molecule is OCCCc1ccc2c(c1)OCCCO2. The summed E-state index contributed by atoms with van der Waals surface area (Å²) >= 11 is 0. The molecule has 0 aromatic heterocycles. The minimum atomic E-state index is 0.231. The zero-order valence-corrected chi connectivity index (χ0v) is 8.74. The first-order valence-corrected chi connectivity index (χ1v) is 5.39. The maximum absolute atomic E-state index is 8.76. The molecule has 1 heterocycles. The van der Waals surface area contributed by atoms with Gasteiger partial charge in [0.2, 0.25) is 0 Å². The van der Waals surface area contributed by atoms with Gasteiger partial charge in [0.25, 0.3) is 0 Å². The highest BCUT2D eigenvalue weighted by molar-refractivity contribution is 5.43. The largest absolute Gasteiger partial charge is 0.490 e. The van der Waals surface area contributed by atoms with E-state index in [-0.39, 0.29) is 6.61 Å². The molecule has 0 aliphatic carbocycles. The van der Waals surface area contributed by atoms with E-state index < -0.39 is 0 Å². The standard InChI is InChI=1S/C12H16O3/c13-6-1-3-10-4-5-11-12(9-10)15-8-2-7-14-11/h4-5,9,13H,1-3,6-8H2. The smallest absolute Gasteiger partial charge is 0.161 e. The predicted molar refractivity (Wildman–Crippen MR) is 57.5 cm³/mol. The summed E-state index contributed by atoms with van der Waals surface area (Å²) in [4.78, 5) is 0. The van der Waals surface area contributed by atoms with Gasteiger partial charge in [-0.25, -0.2) is 0 Å². The van der Waals surface area contributed by atoms with Crippen molar-refractivity contribution >= 4 is 0 Å². The van der Waals surface area contributed by atoms with Gasteiger partial charge < -0.3 is 14.6 Å². The third kappa shape index (κ3) is 2.63. The van der Waals surface area contributed by atoms with Crippen molar-refractivity contribution in [2.45, 2.75) is 19.3 Å². The van der Waals surface area contributed by atoms with Crippen LogP contribution in [-0.2, 0) is 6.42 Å². The van der Waals surface area contributed by atoms with Gasteiger partial charge in [0, 0.05) is 13.0 Å². The van der Waals surface area contributed by atoms with E-state index in [9.17, 15) is 0 Å². The molecule has 1 aliphatic rings. The van der Waals surface area contributed by atoms with Gasteiger partial charge in [0.1, 0.15) is 0 Å². The highest BCUT2D eigenvalue weighted by Gasteiger charge is 2.10. The molecule has 1 aliphatic heterocycles. The third-order valence-corrected chi connectivity index (χ3v) is 2.44. The molecule has 0 amide bonds. The molecule has 0 bridgehead atoms. The Labute approximate surface area is 89.6 Å². The minimum absolute atomic E-state index is 0.231. The Balaban J connectivity index is 2.13. The van der Waals surface area contributed by atoms with Gasteiger partial charge in [-0.15, -0.1) is 0 Å². The van der Waals surface area contributed by atoms with Gasteiger partial charge in [-0.3, -0.25) is 0 Å². The van der Waals surface area contributed by atoms with Crippen molar-refractivity contribution in [2.75, 3.05) is 19.8 Å². The number of hydrogen-bond acceptors (Lipinski definition) is 3. The van der Waals surface area contributed by atoms with E-state index in [0.717, 1.165) is 44.0 Å². The van der Waals surface area contributed by atoms with Crippen molar-refractivity contribution in [3.05, 3.63) is 23.8 Å². The molecule has 82 valence electrons. The topological polar surface area (TPSA) is 38.7 Å². The second-order valence-corrected chi connectivity index (χ2v) is 3.66. The Hall–Kier alpha value is -1.22. The number of aliphatic hydroxyl groups excluding tert-OH is 1. The second-order valence-electron chi connectivity index (χ2n) is 3.66. The second kappa shape index (κ2) is 5.03. The van der Waals surface area contributed by atoms with Crippen LogP contribution in [0.4, 0.5) is 0 Å². The van der Waals surface area contributed by atoms with Gasteiger partial charge in [-0.05, 0) is 30.5 Å². The number of aliphatic hydroxyl groups is 1. The molecule has 0 saturated heterocycles. The molecule has 1 aromatic carbocycles. The highest BCUT2D eigenvalue weighted by atomic mass is 16.5. The Morgan fingerprint density at radius 2 is 1.93 bits per heavy atom. The predicted octanol–water partition coefficient (Wildman–Crippen LogP) is 1.77. The quantitative estimate of drug-likeness (QED) is 0.822. The van der Waals surface area contributed by atoms with Crippen LogP contribution in [0.25, 0.3) is 0 Å². The molecular formula is C12H16O3. The van der Waals surface area contributed by atoms with E-state index in [0.29, 0.717) is 0 Å². The normalized spacial score (nSPS) is 14.7. The lowest BCUT2D eigenvalue weighted by Gasteiger charge is -2.08. The van der Waals surface area contributed by atoms with Gasteiger partial charge in [-0.2, -0.15) is 0 Å². The van der Waals surface area contributed by atoms with Crippen molar-refractivity contribution < 1.29 is 14.6 Å². The van der Waals surface area contributed by atoms with E-state index in [1.54, 1.807) is 0 Å². The average molecular weight is 208 g/mol. The monoisotopic (exact) mass is 208 g/mol. The fourth-order valence-electron chi connectivity index (χ4n) is 1.65. The maximum atomic E-state index is 8.76. The molecule has 0 saturated carbocycles. The lowest BCUT2D eigenvalue weighted by atomic mass is 10.1. The molecular weight excluding hydrogens is 192 g/mol. The van der Waals surface area contributed by atoms with Crippen molar-refractivity contribution in [3.63, 3.8) is 0 Å². The first-order chi connectivity index (χ1) is 7.40. The Kier molecular flexibility index (Phi) is 3.45. The fourth-order valence-corrected chi connectivity index (χ4v) is 1.65. The van der Waals surface area contributed by atoms with Crippen LogP contribution in [0.1, 0.15) is 18.4 Å². The molecule has 1 N–H and O–H groups in total. The lowest BCUT2D eigenvalue weighted by molar-refractivity contribution is 0.288. The summed E-state index contributed by atoms with van der Waals surface area (Å²) in [6, 6.07) is 5.99. The fraction of sp³-hybridized carbons (Fsp3) is 0.500. The van der Waals surface area contributed by atoms with Crippen molar-refractivity contribution in [1.82, 2.24) is 0 Å². The maximum Gasteiger partial charge on any atom is 0.161 e. The first kappa shape index (κ1) is 10.3. The number of benzene rings is 1. The molecule has 0 atom stereocenters. The molecule has 3 heteroatoms. The number of hydrogen-bond donors (Lipinski definition) is 1. The third-order valence-electron chi connectivity index (χ3n) is 2.44. The summed E-state index contributed by atoms with van der Waals surface area (Å²) in [6.45, 7) is 1.67. The summed E-state index contributed by atoms with van der Waals surface area (Å²) < 4.78 is 11.1. The van der Waals surface area contributed by atoms with E-state index in [1.807, 2.05) is 18.2 Å². The number of fused-ring (bicyclic) bond motifs is 1. The van der Waals surface area contributed by atoms with Gasteiger partial charge in [-0.1, -0.05) is 6.07 Å². The Morgan fingerprint density at radius 3 is 2.73 bits per heavy atom. The number of ether oxygens (including phenoxy) is 2. The van der Waals surface area contributed by atoms with E-state index in [4.69, 9.17) is 14.6 Å². The first-order valence-electron chi connectivity index (χ1n) is 5.39. The molecule has 0 radical (unpaired) electrons. The Morgan fingerprint density at radius 1 is 1.13 bits per heavy atom. The summed E-state index contributed by atoms with van der Waals surface area (Å²) in [7, 11) is 0. The van der Waals surface area contributed by atoms with Crippen LogP contribution in [0, 0.1) is 0 Å². The molecule has 1 aromatic rings. The zero-order chi connectivity index (χ0) is 10.5. The molecule has 2 rings (SSSR count).